The summed E-state index contributed by atoms with van der Waals surface area (Å²) < 4.78 is 26.6. The second-order valence-electron chi connectivity index (χ2n) is 12.0. The average Bonchev–Trinajstić information content (AvgIpc) is 2.78. The molecule has 0 saturated carbocycles. The predicted molar refractivity (Wildman–Crippen MR) is 145 cm³/mol. The van der Waals surface area contributed by atoms with Gasteiger partial charge in [-0.15, -0.1) is 0 Å². The van der Waals surface area contributed by atoms with E-state index < -0.39 is 46.5 Å². The number of hydrogen-bond donors (Lipinski definition) is 1. The lowest BCUT2D eigenvalue weighted by molar-refractivity contribution is -0.148. The first-order valence-electron chi connectivity index (χ1n) is 13.1. The molecule has 0 fully saturated rings. The molecule has 0 aliphatic heterocycles. The Morgan fingerprint density at radius 1 is 0.821 bits per heavy atom. The molecule has 10 nitrogen and oxygen atoms in total. The number of nitrogens with two attached hydrogens (primary N) is 1. The molecule has 0 bridgehead atoms. The molecular formula is C29H45NO9. The van der Waals surface area contributed by atoms with Crippen LogP contribution in [-0.2, 0) is 35.0 Å². The molecule has 1 aromatic rings. The van der Waals surface area contributed by atoms with Gasteiger partial charge in [0.2, 0.25) is 0 Å². The molecule has 0 heterocycles. The van der Waals surface area contributed by atoms with Crippen molar-refractivity contribution in [1.29, 1.82) is 0 Å². The van der Waals surface area contributed by atoms with Crippen LogP contribution in [0, 0.1) is 10.8 Å². The van der Waals surface area contributed by atoms with Gasteiger partial charge in [0.05, 0.1) is 17.9 Å². The summed E-state index contributed by atoms with van der Waals surface area (Å²) in [6, 6.07) is 4.58. The van der Waals surface area contributed by atoms with Crippen LogP contribution in [0.3, 0.4) is 0 Å². The molecule has 0 radical (unpaired) electrons. The zero-order valence-electron chi connectivity index (χ0n) is 25.0. The summed E-state index contributed by atoms with van der Waals surface area (Å²) in [5, 5.41) is 0. The summed E-state index contributed by atoms with van der Waals surface area (Å²) in [6.45, 7) is 15.5. The van der Waals surface area contributed by atoms with Crippen LogP contribution in [0.4, 0.5) is 4.79 Å². The van der Waals surface area contributed by atoms with Crippen LogP contribution >= 0.6 is 0 Å². The molecule has 3 atom stereocenters. The van der Waals surface area contributed by atoms with Crippen molar-refractivity contribution in [3.63, 3.8) is 0 Å². The number of carbonyl (C=O) groups excluding carboxylic acids is 4. The topological polar surface area (TPSA) is 140 Å². The molecule has 220 valence electrons. The van der Waals surface area contributed by atoms with E-state index in [1.807, 2.05) is 6.92 Å². The minimum atomic E-state index is -1.60. The Kier molecular flexibility index (Phi) is 12.0. The van der Waals surface area contributed by atoms with Crippen LogP contribution in [0.1, 0.15) is 87.1 Å². The zero-order chi connectivity index (χ0) is 30.2. The summed E-state index contributed by atoms with van der Waals surface area (Å²) >= 11 is 0. The normalized spacial score (nSPS) is 14.8. The Balaban J connectivity index is 3.27. The minimum absolute atomic E-state index is 0.00929. The first-order chi connectivity index (χ1) is 17.8. The molecule has 2 N–H and O–H groups in total. The van der Waals surface area contributed by atoms with Gasteiger partial charge >= 0.3 is 24.1 Å². The molecule has 1 rings (SSSR count). The van der Waals surface area contributed by atoms with E-state index in [1.54, 1.807) is 61.5 Å². The van der Waals surface area contributed by atoms with Crippen molar-refractivity contribution in [2.45, 2.75) is 106 Å². The van der Waals surface area contributed by atoms with Gasteiger partial charge in [0.15, 0.2) is 11.5 Å². The lowest BCUT2D eigenvalue weighted by Crippen LogP contribution is -2.53. The third-order valence-electron chi connectivity index (χ3n) is 5.69. The number of benzene rings is 1. The Hall–Kier alpha value is -3.14. The molecule has 0 amide bonds. The van der Waals surface area contributed by atoms with Gasteiger partial charge in [-0.1, -0.05) is 19.4 Å². The van der Waals surface area contributed by atoms with E-state index in [4.69, 9.17) is 29.4 Å². The zero-order valence-corrected chi connectivity index (χ0v) is 25.0. The predicted octanol–water partition coefficient (Wildman–Crippen LogP) is 5.12. The van der Waals surface area contributed by atoms with Gasteiger partial charge in [-0.05, 0) is 79.5 Å². The van der Waals surface area contributed by atoms with E-state index >= 15 is 0 Å². The van der Waals surface area contributed by atoms with Crippen molar-refractivity contribution in [3.05, 3.63) is 23.8 Å². The molecule has 0 spiro atoms. The van der Waals surface area contributed by atoms with E-state index in [1.165, 1.54) is 19.2 Å². The first kappa shape index (κ1) is 33.9. The Morgan fingerprint density at radius 2 is 1.33 bits per heavy atom. The van der Waals surface area contributed by atoms with E-state index in [-0.39, 0.29) is 30.4 Å². The van der Waals surface area contributed by atoms with Gasteiger partial charge in [0.1, 0.15) is 17.7 Å². The van der Waals surface area contributed by atoms with E-state index in [9.17, 15) is 19.2 Å². The molecule has 0 saturated heterocycles. The number of methoxy groups -OCH3 is 1. The fourth-order valence-electron chi connectivity index (χ4n) is 3.50. The lowest BCUT2D eigenvalue weighted by Gasteiger charge is -2.29. The third kappa shape index (κ3) is 10.9. The van der Waals surface area contributed by atoms with Gasteiger partial charge in [-0.2, -0.15) is 0 Å². The van der Waals surface area contributed by atoms with Crippen LogP contribution in [0.15, 0.2) is 18.2 Å². The van der Waals surface area contributed by atoms with Crippen LogP contribution < -0.4 is 15.2 Å². The highest BCUT2D eigenvalue weighted by Crippen LogP contribution is 2.34. The highest BCUT2D eigenvalue weighted by molar-refractivity contribution is 5.82. The quantitative estimate of drug-likeness (QED) is 0.291. The second-order valence-corrected chi connectivity index (χ2v) is 12.0. The average molecular weight is 552 g/mol. The second kappa shape index (κ2) is 13.8. The third-order valence-corrected chi connectivity index (χ3v) is 5.69. The molecular weight excluding hydrogens is 506 g/mol. The SMILES string of the molecule is CCC[C@H](C)OC(=O)O[C@@H](C)CC(N)(Cc1ccc(OC(=O)C(C)(C)C)c(OC(=O)C(C)(C)C)c1)C(=O)OC. The van der Waals surface area contributed by atoms with E-state index in [0.29, 0.717) is 12.0 Å². The number of hydrogen-bond acceptors (Lipinski definition) is 10. The summed E-state index contributed by atoms with van der Waals surface area (Å²) in [5.41, 5.74) is 3.78. The summed E-state index contributed by atoms with van der Waals surface area (Å²) in [7, 11) is 1.21. The van der Waals surface area contributed by atoms with Crippen molar-refractivity contribution in [2.24, 2.45) is 16.6 Å². The van der Waals surface area contributed by atoms with Crippen molar-refractivity contribution < 1.29 is 42.9 Å². The lowest BCUT2D eigenvalue weighted by atomic mass is 9.86. The molecule has 0 aromatic heterocycles. The van der Waals surface area contributed by atoms with Crippen molar-refractivity contribution >= 4 is 24.1 Å². The van der Waals surface area contributed by atoms with Gasteiger partial charge in [-0.25, -0.2) is 4.79 Å². The fraction of sp³-hybridized carbons (Fsp3) is 0.655. The summed E-state index contributed by atoms with van der Waals surface area (Å²) in [6.07, 6.45) is -0.526. The van der Waals surface area contributed by atoms with Crippen LogP contribution in [0.2, 0.25) is 0 Å². The van der Waals surface area contributed by atoms with Crippen molar-refractivity contribution in [1.82, 2.24) is 0 Å². The Labute approximate surface area is 231 Å². The highest BCUT2D eigenvalue weighted by atomic mass is 16.7. The summed E-state index contributed by atoms with van der Waals surface area (Å²) in [5.74, 6) is -1.72. The van der Waals surface area contributed by atoms with Crippen LogP contribution in [0.25, 0.3) is 0 Å². The standard InChI is InChI=1S/C29H45NO9/c1-11-12-18(2)36-26(34)37-19(3)16-29(30,25(33)35-10)17-20-13-14-21(38-23(31)27(4,5)6)22(15-20)39-24(32)28(7,8)9/h13-15,18-19H,11-12,16-17,30H2,1-10H3/t18-,19-,29?/m0/s1. The van der Waals surface area contributed by atoms with E-state index in [2.05, 4.69) is 0 Å². The first-order valence-corrected chi connectivity index (χ1v) is 13.1. The maximum absolute atomic E-state index is 12.8. The fourth-order valence-corrected chi connectivity index (χ4v) is 3.50. The largest absolute Gasteiger partial charge is 0.508 e. The van der Waals surface area contributed by atoms with Gasteiger partial charge in [0, 0.05) is 12.8 Å². The van der Waals surface area contributed by atoms with E-state index in [0.717, 1.165) is 6.42 Å². The molecule has 0 aliphatic carbocycles. The Bertz CT molecular complexity index is 1020. The maximum Gasteiger partial charge on any atom is 0.508 e. The smallest absolute Gasteiger partial charge is 0.468 e. The number of carbonyl (C=O) groups is 4. The number of rotatable bonds is 11. The van der Waals surface area contributed by atoms with Gasteiger partial charge in [-0.3, -0.25) is 14.4 Å². The van der Waals surface area contributed by atoms with Crippen molar-refractivity contribution in [2.75, 3.05) is 7.11 Å². The minimum Gasteiger partial charge on any atom is -0.468 e. The molecule has 39 heavy (non-hydrogen) atoms. The molecule has 1 aromatic carbocycles. The summed E-state index contributed by atoms with van der Waals surface area (Å²) in [4.78, 5) is 50.1. The molecule has 0 aliphatic rings. The molecule has 10 heteroatoms. The molecule has 1 unspecified atom stereocenters. The van der Waals surface area contributed by atoms with Crippen LogP contribution in [-0.4, -0.2) is 48.9 Å². The number of esters is 3. The van der Waals surface area contributed by atoms with Crippen molar-refractivity contribution in [3.8, 4) is 11.5 Å². The Morgan fingerprint density at radius 3 is 1.82 bits per heavy atom. The highest BCUT2D eigenvalue weighted by Gasteiger charge is 2.39. The maximum atomic E-state index is 12.8. The monoisotopic (exact) mass is 551 g/mol. The van der Waals surface area contributed by atoms with Crippen LogP contribution in [0.5, 0.6) is 11.5 Å². The van der Waals surface area contributed by atoms with Gasteiger partial charge < -0.3 is 29.4 Å². The van der Waals surface area contributed by atoms with Gasteiger partial charge in [0.25, 0.3) is 0 Å². The number of ether oxygens (including phenoxy) is 5.